The summed E-state index contributed by atoms with van der Waals surface area (Å²) in [6, 6.07) is 6.74. The number of aryl methyl sites for hydroxylation is 1. The van der Waals surface area contributed by atoms with Crippen LogP contribution in [-0.2, 0) is 23.9 Å². The molecule has 38 heavy (non-hydrogen) atoms. The fraction of sp³-hybridized carbons (Fsp3) is 0.333. The number of imidazole rings is 1. The number of halogens is 3. The fourth-order valence-corrected chi connectivity index (χ4v) is 5.02. The van der Waals surface area contributed by atoms with Crippen LogP contribution in [-0.4, -0.2) is 27.1 Å². The lowest BCUT2D eigenvalue weighted by Crippen LogP contribution is -2.17. The molecular formula is C27H24F3N3O5. The first kappa shape index (κ1) is 25.5. The Kier molecular flexibility index (Phi) is 6.46. The van der Waals surface area contributed by atoms with E-state index in [-0.39, 0.29) is 52.6 Å². The number of esters is 1. The highest BCUT2D eigenvalue weighted by atomic mass is 19.4. The van der Waals surface area contributed by atoms with Crippen molar-refractivity contribution in [3.8, 4) is 22.3 Å². The van der Waals surface area contributed by atoms with E-state index in [1.165, 1.54) is 36.6 Å². The molecule has 1 aromatic heterocycles. The second-order valence-corrected chi connectivity index (χ2v) is 9.08. The molecule has 0 bridgehead atoms. The van der Waals surface area contributed by atoms with Gasteiger partial charge in [-0.15, -0.1) is 0 Å². The number of carbonyl (C=O) groups excluding carboxylic acids is 1. The minimum atomic E-state index is -4.85. The first-order valence-electron chi connectivity index (χ1n) is 12.2. The number of alkyl halides is 3. The molecule has 0 saturated heterocycles. The number of fused-ring (bicyclic) bond motifs is 1. The van der Waals surface area contributed by atoms with E-state index in [2.05, 4.69) is 4.98 Å². The lowest BCUT2D eigenvalue weighted by Gasteiger charge is -2.15. The Morgan fingerprint density at radius 1 is 1.18 bits per heavy atom. The number of para-hydroxylation sites is 1. The summed E-state index contributed by atoms with van der Waals surface area (Å²) in [5.74, 6) is -0.000630. The van der Waals surface area contributed by atoms with E-state index in [9.17, 15) is 28.1 Å². The summed E-state index contributed by atoms with van der Waals surface area (Å²) >= 11 is 0. The first-order valence-corrected chi connectivity index (χ1v) is 12.2. The minimum Gasteiger partial charge on any atom is -0.472 e. The molecule has 5 rings (SSSR count). The average molecular weight is 527 g/mol. The number of rotatable bonds is 8. The third-order valence-corrected chi connectivity index (χ3v) is 6.73. The van der Waals surface area contributed by atoms with Crippen LogP contribution in [0.5, 0.6) is 0 Å². The molecule has 0 atom stereocenters. The number of ether oxygens (including phenoxy) is 1. The second kappa shape index (κ2) is 9.62. The zero-order chi connectivity index (χ0) is 27.2. The molecule has 1 aromatic carbocycles. The number of nitro groups is 1. The molecule has 2 aromatic rings. The summed E-state index contributed by atoms with van der Waals surface area (Å²) in [5, 5.41) is 11.9. The van der Waals surface area contributed by atoms with Crippen LogP contribution < -0.4 is 0 Å². The molecule has 11 heteroatoms. The van der Waals surface area contributed by atoms with Gasteiger partial charge in [0.1, 0.15) is 5.82 Å². The van der Waals surface area contributed by atoms with E-state index in [0.29, 0.717) is 17.9 Å². The van der Waals surface area contributed by atoms with Gasteiger partial charge in [-0.2, -0.15) is 13.2 Å². The highest BCUT2D eigenvalue weighted by Gasteiger charge is 2.43. The monoisotopic (exact) mass is 527 g/mol. The van der Waals surface area contributed by atoms with Crippen molar-refractivity contribution in [1.29, 1.82) is 0 Å². The number of carbonyl (C=O) groups is 1. The predicted molar refractivity (Wildman–Crippen MR) is 131 cm³/mol. The Bertz CT molecular complexity index is 1500. The van der Waals surface area contributed by atoms with Crippen LogP contribution in [0.4, 0.5) is 18.9 Å². The van der Waals surface area contributed by atoms with Gasteiger partial charge in [-0.1, -0.05) is 19.1 Å². The molecule has 198 valence electrons. The van der Waals surface area contributed by atoms with E-state index in [1.54, 1.807) is 11.5 Å². The van der Waals surface area contributed by atoms with Crippen molar-refractivity contribution in [2.24, 2.45) is 0 Å². The molecule has 2 aliphatic carbocycles. The molecule has 0 spiro atoms. The molecule has 1 saturated carbocycles. The number of benzene rings is 1. The fourth-order valence-electron chi connectivity index (χ4n) is 5.02. The van der Waals surface area contributed by atoms with Gasteiger partial charge < -0.3 is 13.7 Å². The first-order chi connectivity index (χ1) is 18.2. The van der Waals surface area contributed by atoms with Crippen LogP contribution in [0.3, 0.4) is 0 Å². The number of aromatic nitrogens is 2. The Balaban J connectivity index is 1.83. The standard InChI is InChI=1S/C27H24F3N3O5/c1-3-21-31-24(15-9-10-15)25(26(34)38-4-2)32(21)13-18-16-11-12-37-14-19(16)23(27(28,29)30)22(18)17-7-5-6-8-20(17)33(35)36/h5-8,11-12,14-15H,3-4,9-10,13H2,1-2H3. The van der Waals surface area contributed by atoms with Crippen molar-refractivity contribution in [2.45, 2.75) is 51.7 Å². The van der Waals surface area contributed by atoms with Gasteiger partial charge in [0, 0.05) is 29.5 Å². The third kappa shape index (κ3) is 4.31. The van der Waals surface area contributed by atoms with Crippen LogP contribution in [0.2, 0.25) is 0 Å². The van der Waals surface area contributed by atoms with E-state index in [1.807, 2.05) is 6.92 Å². The second-order valence-electron chi connectivity index (χ2n) is 9.08. The smallest absolute Gasteiger partial charge is 0.417 e. The summed E-state index contributed by atoms with van der Waals surface area (Å²) in [6.07, 6.45) is -0.472. The summed E-state index contributed by atoms with van der Waals surface area (Å²) in [7, 11) is 0. The molecule has 1 aliphatic heterocycles. The van der Waals surface area contributed by atoms with Crippen molar-refractivity contribution in [3.05, 3.63) is 81.3 Å². The molecule has 1 fully saturated rings. The predicted octanol–water partition coefficient (Wildman–Crippen LogP) is 6.84. The van der Waals surface area contributed by atoms with E-state index in [0.717, 1.165) is 19.1 Å². The quantitative estimate of drug-likeness (QED) is 0.141. The number of nitrogens with zero attached hydrogens (tertiary/aromatic N) is 3. The van der Waals surface area contributed by atoms with E-state index < -0.39 is 28.3 Å². The maximum atomic E-state index is 14.6. The maximum absolute atomic E-state index is 14.6. The molecule has 8 nitrogen and oxygen atoms in total. The van der Waals surface area contributed by atoms with Crippen LogP contribution in [0.25, 0.3) is 22.3 Å². The molecule has 0 radical (unpaired) electrons. The number of hydrogen-bond donors (Lipinski definition) is 0. The summed E-state index contributed by atoms with van der Waals surface area (Å²) in [4.78, 5) is 29.0. The van der Waals surface area contributed by atoms with Crippen LogP contribution in [0, 0.1) is 10.1 Å². The molecular weight excluding hydrogens is 503 g/mol. The largest absolute Gasteiger partial charge is 0.472 e. The zero-order valence-electron chi connectivity index (χ0n) is 20.7. The van der Waals surface area contributed by atoms with Gasteiger partial charge in [-0.05, 0) is 43.0 Å². The molecule has 0 amide bonds. The molecule has 0 N–H and O–H groups in total. The van der Waals surface area contributed by atoms with Gasteiger partial charge >= 0.3 is 12.1 Å². The Morgan fingerprint density at radius 2 is 1.92 bits per heavy atom. The lowest BCUT2D eigenvalue weighted by molar-refractivity contribution is -0.384. The molecule has 2 heterocycles. The number of hydrogen-bond acceptors (Lipinski definition) is 6. The van der Waals surface area contributed by atoms with Gasteiger partial charge in [0.05, 0.1) is 47.4 Å². The minimum absolute atomic E-state index is 0.0802. The van der Waals surface area contributed by atoms with Crippen molar-refractivity contribution < 1.29 is 32.0 Å². The molecule has 0 unspecified atom stereocenters. The highest BCUT2D eigenvalue weighted by Crippen LogP contribution is 2.52. The Labute approximate surface area is 215 Å². The van der Waals surface area contributed by atoms with Crippen LogP contribution in [0.15, 0.2) is 47.3 Å². The van der Waals surface area contributed by atoms with Crippen molar-refractivity contribution in [1.82, 2.24) is 9.55 Å². The average Bonchev–Trinajstić information content (AvgIpc) is 3.58. The SMILES string of the molecule is CCOC(=O)c1c(C2CC2)nc(CC)n1Cc1c2ccocc-2c(C(F)(F)F)c1-c1ccccc1[N+](=O)[O-]. The van der Waals surface area contributed by atoms with E-state index in [4.69, 9.17) is 9.15 Å². The maximum Gasteiger partial charge on any atom is 0.417 e. The van der Waals surface area contributed by atoms with Gasteiger partial charge in [-0.25, -0.2) is 9.78 Å². The zero-order valence-corrected chi connectivity index (χ0v) is 20.7. The van der Waals surface area contributed by atoms with Crippen molar-refractivity contribution in [3.63, 3.8) is 0 Å². The Morgan fingerprint density at radius 3 is 2.55 bits per heavy atom. The van der Waals surface area contributed by atoms with Crippen molar-refractivity contribution >= 4 is 11.7 Å². The van der Waals surface area contributed by atoms with E-state index >= 15 is 0 Å². The van der Waals surface area contributed by atoms with Crippen LogP contribution >= 0.6 is 0 Å². The lowest BCUT2D eigenvalue weighted by atomic mass is 9.98. The molecule has 3 aliphatic rings. The van der Waals surface area contributed by atoms with Crippen molar-refractivity contribution in [2.75, 3.05) is 6.61 Å². The number of nitro benzene ring substituents is 1. The van der Waals surface area contributed by atoms with Gasteiger partial charge in [0.25, 0.3) is 5.69 Å². The highest BCUT2D eigenvalue weighted by molar-refractivity contribution is 5.93. The summed E-state index contributed by atoms with van der Waals surface area (Å²) in [6.45, 7) is 3.47. The normalized spacial score (nSPS) is 13.7. The summed E-state index contributed by atoms with van der Waals surface area (Å²) < 4.78 is 55.9. The van der Waals surface area contributed by atoms with Crippen LogP contribution in [0.1, 0.15) is 65.7 Å². The topological polar surface area (TPSA) is 100 Å². The Hall–Kier alpha value is -4.15. The van der Waals surface area contributed by atoms with Gasteiger partial charge in [-0.3, -0.25) is 10.1 Å². The van der Waals surface area contributed by atoms with Gasteiger partial charge in [0.2, 0.25) is 0 Å². The summed E-state index contributed by atoms with van der Waals surface area (Å²) in [5.41, 5.74) is -1.02. The third-order valence-electron chi connectivity index (χ3n) is 6.73. The van der Waals surface area contributed by atoms with Gasteiger partial charge in [0.15, 0.2) is 5.69 Å².